The maximum atomic E-state index is 12.9. The lowest BCUT2D eigenvalue weighted by atomic mass is 10.2. The first kappa shape index (κ1) is 15.7. The van der Waals surface area contributed by atoms with E-state index in [1.54, 1.807) is 13.0 Å². The van der Waals surface area contributed by atoms with Crippen LogP contribution in [0.25, 0.3) is 6.08 Å². The van der Waals surface area contributed by atoms with Gasteiger partial charge in [0.1, 0.15) is 16.2 Å². The van der Waals surface area contributed by atoms with Crippen LogP contribution in [0.1, 0.15) is 18.9 Å². The minimum Gasteiger partial charge on any atom is -0.480 e. The van der Waals surface area contributed by atoms with E-state index in [0.717, 1.165) is 16.7 Å². The van der Waals surface area contributed by atoms with Gasteiger partial charge in [0, 0.05) is 0 Å². The molecule has 1 aliphatic rings. The molecule has 0 aliphatic carbocycles. The number of amides is 1. The fourth-order valence-corrected chi connectivity index (χ4v) is 3.28. The van der Waals surface area contributed by atoms with Gasteiger partial charge in [-0.25, -0.2) is 9.18 Å². The third-order valence-electron chi connectivity index (χ3n) is 2.97. The molecule has 2 rings (SSSR count). The second-order valence-electron chi connectivity index (χ2n) is 4.37. The maximum Gasteiger partial charge on any atom is 0.326 e. The van der Waals surface area contributed by atoms with Gasteiger partial charge in [-0.3, -0.25) is 9.69 Å². The molecule has 1 aromatic carbocycles. The molecule has 110 valence electrons. The number of aliphatic carboxylic acids is 1. The van der Waals surface area contributed by atoms with Crippen molar-refractivity contribution in [3.05, 3.63) is 40.6 Å². The van der Waals surface area contributed by atoms with Crippen LogP contribution in [0, 0.1) is 5.82 Å². The number of carboxylic acid groups (broad SMARTS) is 1. The Kier molecular flexibility index (Phi) is 4.74. The molecule has 1 aromatic rings. The van der Waals surface area contributed by atoms with Gasteiger partial charge in [0.25, 0.3) is 5.91 Å². The Hall–Kier alpha value is -1.73. The monoisotopic (exact) mass is 325 g/mol. The van der Waals surface area contributed by atoms with E-state index in [4.69, 9.17) is 17.3 Å². The summed E-state index contributed by atoms with van der Waals surface area (Å²) in [5, 5.41) is 9.15. The molecule has 1 saturated heterocycles. The summed E-state index contributed by atoms with van der Waals surface area (Å²) < 4.78 is 13.1. The zero-order chi connectivity index (χ0) is 15.6. The van der Waals surface area contributed by atoms with Crippen molar-refractivity contribution in [2.75, 3.05) is 0 Å². The number of benzene rings is 1. The van der Waals surface area contributed by atoms with Crippen molar-refractivity contribution in [3.63, 3.8) is 0 Å². The van der Waals surface area contributed by atoms with E-state index in [2.05, 4.69) is 0 Å². The van der Waals surface area contributed by atoms with Gasteiger partial charge < -0.3 is 5.11 Å². The van der Waals surface area contributed by atoms with Crippen LogP contribution in [-0.2, 0) is 9.59 Å². The molecule has 7 heteroatoms. The van der Waals surface area contributed by atoms with Crippen molar-refractivity contribution in [2.24, 2.45) is 0 Å². The van der Waals surface area contributed by atoms with Crippen molar-refractivity contribution in [1.29, 1.82) is 0 Å². The molecule has 0 radical (unpaired) electrons. The topological polar surface area (TPSA) is 57.6 Å². The number of rotatable bonds is 4. The number of nitrogens with zero attached hydrogens (tertiary/aromatic N) is 1. The average molecular weight is 325 g/mol. The zero-order valence-corrected chi connectivity index (χ0v) is 12.7. The van der Waals surface area contributed by atoms with Crippen LogP contribution in [0.4, 0.5) is 4.39 Å². The molecule has 1 amide bonds. The molecule has 1 fully saturated rings. The van der Waals surface area contributed by atoms with Gasteiger partial charge in [-0.05, 0) is 30.2 Å². The highest BCUT2D eigenvalue weighted by Crippen LogP contribution is 2.34. The third-order valence-corrected chi connectivity index (χ3v) is 4.31. The fourth-order valence-electron chi connectivity index (χ4n) is 1.93. The smallest absolute Gasteiger partial charge is 0.326 e. The second kappa shape index (κ2) is 6.36. The van der Waals surface area contributed by atoms with Crippen LogP contribution < -0.4 is 0 Å². The van der Waals surface area contributed by atoms with Crippen LogP contribution in [0.5, 0.6) is 0 Å². The lowest BCUT2D eigenvalue weighted by Gasteiger charge is -2.21. The first-order chi connectivity index (χ1) is 9.93. The Labute approximate surface area is 130 Å². The second-order valence-corrected chi connectivity index (χ2v) is 6.04. The van der Waals surface area contributed by atoms with E-state index >= 15 is 0 Å². The van der Waals surface area contributed by atoms with Crippen LogP contribution in [0.2, 0.25) is 0 Å². The Balaban J connectivity index is 2.29. The summed E-state index contributed by atoms with van der Waals surface area (Å²) in [5.74, 6) is -1.88. The average Bonchev–Trinajstić information content (AvgIpc) is 2.70. The van der Waals surface area contributed by atoms with E-state index in [-0.39, 0.29) is 16.6 Å². The molecule has 0 unspecified atom stereocenters. The molecule has 4 nitrogen and oxygen atoms in total. The third kappa shape index (κ3) is 3.30. The highest BCUT2D eigenvalue weighted by molar-refractivity contribution is 8.26. The molecular weight excluding hydrogens is 313 g/mol. The predicted octanol–water partition coefficient (Wildman–Crippen LogP) is 2.89. The number of carbonyl (C=O) groups is 2. The summed E-state index contributed by atoms with van der Waals surface area (Å²) in [6.07, 6.45) is 1.85. The highest BCUT2D eigenvalue weighted by atomic mass is 32.2. The molecule has 0 spiro atoms. The van der Waals surface area contributed by atoms with Crippen LogP contribution in [0.3, 0.4) is 0 Å². The zero-order valence-electron chi connectivity index (χ0n) is 11.1. The molecule has 1 atom stereocenters. The van der Waals surface area contributed by atoms with Gasteiger partial charge in [0.15, 0.2) is 0 Å². The summed E-state index contributed by atoms with van der Waals surface area (Å²) >= 11 is 6.15. The number of thiocarbonyl (C=S) groups is 1. The summed E-state index contributed by atoms with van der Waals surface area (Å²) in [6, 6.07) is 4.70. The number of carboxylic acids is 1. The van der Waals surface area contributed by atoms with Crippen molar-refractivity contribution in [2.45, 2.75) is 19.4 Å². The molecule has 1 N–H and O–H groups in total. The maximum absolute atomic E-state index is 12.9. The number of carbonyl (C=O) groups excluding carboxylic acids is 1. The minimum absolute atomic E-state index is 0.225. The predicted molar refractivity (Wildman–Crippen MR) is 83.1 cm³/mol. The largest absolute Gasteiger partial charge is 0.480 e. The minimum atomic E-state index is -1.09. The Bertz CT molecular complexity index is 628. The Morgan fingerprint density at radius 2 is 2.10 bits per heavy atom. The number of hydrogen-bond acceptors (Lipinski definition) is 4. The van der Waals surface area contributed by atoms with Gasteiger partial charge >= 0.3 is 5.97 Å². The first-order valence-corrected chi connectivity index (χ1v) is 7.42. The summed E-state index contributed by atoms with van der Waals surface area (Å²) in [7, 11) is 0. The molecule has 0 saturated carbocycles. The fraction of sp³-hybridized carbons (Fsp3) is 0.214. The quantitative estimate of drug-likeness (QED) is 0.681. The van der Waals surface area contributed by atoms with E-state index in [1.165, 1.54) is 24.3 Å². The SMILES string of the molecule is CC[C@H](C(=O)O)N1C(=O)/C(=C\c2ccc(F)cc2)SC1=S. The molecule has 0 bridgehead atoms. The van der Waals surface area contributed by atoms with Gasteiger partial charge in [-0.15, -0.1) is 0 Å². The van der Waals surface area contributed by atoms with E-state index in [0.29, 0.717) is 10.5 Å². The summed E-state index contributed by atoms with van der Waals surface area (Å²) in [6.45, 7) is 1.68. The van der Waals surface area contributed by atoms with Gasteiger partial charge in [-0.2, -0.15) is 0 Å². The van der Waals surface area contributed by atoms with Crippen molar-refractivity contribution in [3.8, 4) is 0 Å². The van der Waals surface area contributed by atoms with Gasteiger partial charge in [0.2, 0.25) is 0 Å². The summed E-state index contributed by atoms with van der Waals surface area (Å²) in [4.78, 5) is 25.0. The van der Waals surface area contributed by atoms with E-state index < -0.39 is 17.9 Å². The molecule has 0 aromatic heterocycles. The van der Waals surface area contributed by atoms with E-state index in [9.17, 15) is 14.0 Å². The van der Waals surface area contributed by atoms with Crippen LogP contribution >= 0.6 is 24.0 Å². The lowest BCUT2D eigenvalue weighted by Crippen LogP contribution is -2.43. The van der Waals surface area contributed by atoms with Crippen LogP contribution in [0.15, 0.2) is 29.2 Å². The first-order valence-electron chi connectivity index (χ1n) is 6.19. The van der Waals surface area contributed by atoms with Crippen molar-refractivity contribution in [1.82, 2.24) is 4.90 Å². The highest BCUT2D eigenvalue weighted by Gasteiger charge is 2.39. The number of hydrogen-bond donors (Lipinski definition) is 1. The molecular formula is C14H12FNO3S2. The lowest BCUT2D eigenvalue weighted by molar-refractivity contribution is -0.145. The summed E-state index contributed by atoms with van der Waals surface area (Å²) in [5.41, 5.74) is 0.653. The normalized spacial score (nSPS) is 18.4. The van der Waals surface area contributed by atoms with Crippen molar-refractivity contribution < 1.29 is 19.1 Å². The molecule has 21 heavy (non-hydrogen) atoms. The van der Waals surface area contributed by atoms with Gasteiger partial charge in [-0.1, -0.05) is 43.0 Å². The standard InChI is InChI=1S/C14H12FNO3S2/c1-2-10(13(18)19)16-12(17)11(21-14(16)20)7-8-3-5-9(15)6-4-8/h3-7,10H,2H2,1H3,(H,18,19)/b11-7+/t10-/m1/s1. The van der Waals surface area contributed by atoms with E-state index in [1.807, 2.05) is 0 Å². The van der Waals surface area contributed by atoms with Crippen LogP contribution in [-0.4, -0.2) is 32.2 Å². The number of halogens is 1. The Morgan fingerprint density at radius 1 is 1.48 bits per heavy atom. The van der Waals surface area contributed by atoms with Gasteiger partial charge in [0.05, 0.1) is 4.91 Å². The number of thioether (sulfide) groups is 1. The molecule has 1 aliphatic heterocycles. The Morgan fingerprint density at radius 3 is 2.62 bits per heavy atom. The molecule has 1 heterocycles. The van der Waals surface area contributed by atoms with Crippen molar-refractivity contribution >= 4 is 46.3 Å².